The van der Waals surface area contributed by atoms with Crippen LogP contribution < -0.4 is 5.73 Å². The minimum Gasteiger partial charge on any atom is -0.350 e. The lowest BCUT2D eigenvalue weighted by Crippen LogP contribution is -2.21. The molecule has 0 radical (unpaired) electrons. The van der Waals surface area contributed by atoms with E-state index in [1.165, 1.54) is 6.07 Å². The number of halogens is 1. The molecule has 0 bridgehead atoms. The van der Waals surface area contributed by atoms with Crippen LogP contribution in [0.25, 0.3) is 23.1 Å². The topological polar surface area (TPSA) is 73.8 Å². The Labute approximate surface area is 119 Å². The van der Waals surface area contributed by atoms with E-state index in [1.54, 1.807) is 36.7 Å². The van der Waals surface area contributed by atoms with Crippen LogP contribution in [-0.2, 0) is 0 Å². The van der Waals surface area contributed by atoms with Gasteiger partial charge in [0.15, 0.2) is 0 Å². The fourth-order valence-corrected chi connectivity index (χ4v) is 2.08. The molecular formula is C15H11FN4O. The number of rotatable bonds is 2. The third-order valence-electron chi connectivity index (χ3n) is 3.03. The molecule has 2 heterocycles. The van der Waals surface area contributed by atoms with Gasteiger partial charge >= 0.3 is 6.03 Å². The van der Waals surface area contributed by atoms with Crippen LogP contribution in [-0.4, -0.2) is 20.8 Å². The fourth-order valence-electron chi connectivity index (χ4n) is 2.08. The summed E-state index contributed by atoms with van der Waals surface area (Å²) in [5.74, 6) is -0.539. The standard InChI is InChI=1S/C15H11FN4O/c16-12-3-1-2-11-13(19-20(14(11)12)15(17)21)5-4-10-6-8-18-9-7-10/h1-9H,(H2,17,21). The molecule has 6 heteroatoms. The second-order valence-corrected chi connectivity index (χ2v) is 4.39. The van der Waals surface area contributed by atoms with Gasteiger partial charge in [-0.1, -0.05) is 18.2 Å². The van der Waals surface area contributed by atoms with Gasteiger partial charge in [-0.15, -0.1) is 0 Å². The average molecular weight is 282 g/mol. The van der Waals surface area contributed by atoms with Gasteiger partial charge in [0.2, 0.25) is 0 Å². The summed E-state index contributed by atoms with van der Waals surface area (Å²) in [5, 5.41) is 4.59. The summed E-state index contributed by atoms with van der Waals surface area (Å²) in [6.07, 6.45) is 6.84. The molecule has 0 aliphatic rings. The summed E-state index contributed by atoms with van der Waals surface area (Å²) in [6.45, 7) is 0. The van der Waals surface area contributed by atoms with Gasteiger partial charge in [0, 0.05) is 17.8 Å². The lowest BCUT2D eigenvalue weighted by atomic mass is 10.1. The summed E-state index contributed by atoms with van der Waals surface area (Å²) in [5.41, 5.74) is 6.71. The minimum atomic E-state index is -0.825. The van der Waals surface area contributed by atoms with Gasteiger partial charge in [-0.25, -0.2) is 9.18 Å². The second kappa shape index (κ2) is 5.16. The van der Waals surface area contributed by atoms with E-state index < -0.39 is 11.8 Å². The number of primary amides is 1. The van der Waals surface area contributed by atoms with Crippen molar-refractivity contribution >= 4 is 29.1 Å². The number of carbonyl (C=O) groups is 1. The van der Waals surface area contributed by atoms with E-state index in [0.29, 0.717) is 11.1 Å². The van der Waals surface area contributed by atoms with Crippen LogP contribution >= 0.6 is 0 Å². The summed E-state index contributed by atoms with van der Waals surface area (Å²) >= 11 is 0. The van der Waals surface area contributed by atoms with Crippen molar-refractivity contribution in [3.8, 4) is 0 Å². The van der Waals surface area contributed by atoms with E-state index in [2.05, 4.69) is 10.1 Å². The van der Waals surface area contributed by atoms with Gasteiger partial charge in [0.1, 0.15) is 11.3 Å². The third-order valence-corrected chi connectivity index (χ3v) is 3.03. The maximum atomic E-state index is 13.9. The Kier molecular flexibility index (Phi) is 3.19. The molecule has 1 aromatic carbocycles. The Bertz CT molecular complexity index is 840. The zero-order valence-corrected chi connectivity index (χ0v) is 10.9. The van der Waals surface area contributed by atoms with Crippen LogP contribution in [0, 0.1) is 5.82 Å². The number of carbonyl (C=O) groups excluding carboxylic acids is 1. The molecule has 0 spiro atoms. The number of hydrogen-bond acceptors (Lipinski definition) is 3. The van der Waals surface area contributed by atoms with Crippen LogP contribution in [0.2, 0.25) is 0 Å². The molecule has 21 heavy (non-hydrogen) atoms. The summed E-state index contributed by atoms with van der Waals surface area (Å²) in [6, 6.07) is 7.34. The van der Waals surface area contributed by atoms with E-state index >= 15 is 0 Å². The van der Waals surface area contributed by atoms with Crippen LogP contribution in [0.4, 0.5) is 9.18 Å². The lowest BCUT2D eigenvalue weighted by Gasteiger charge is -1.96. The first-order chi connectivity index (χ1) is 10.2. The van der Waals surface area contributed by atoms with Crippen molar-refractivity contribution in [3.05, 3.63) is 59.8 Å². The van der Waals surface area contributed by atoms with Crippen LogP contribution in [0.5, 0.6) is 0 Å². The molecule has 0 aliphatic carbocycles. The molecule has 0 aliphatic heterocycles. The Morgan fingerprint density at radius 3 is 2.67 bits per heavy atom. The molecule has 3 aromatic rings. The number of pyridine rings is 1. The predicted molar refractivity (Wildman–Crippen MR) is 77.8 cm³/mol. The number of benzene rings is 1. The van der Waals surface area contributed by atoms with Crippen molar-refractivity contribution in [2.24, 2.45) is 5.73 Å². The molecule has 0 fully saturated rings. The first-order valence-corrected chi connectivity index (χ1v) is 6.22. The zero-order chi connectivity index (χ0) is 14.8. The predicted octanol–water partition coefficient (Wildman–Crippen LogP) is 2.67. The Hall–Kier alpha value is -3.02. The van der Waals surface area contributed by atoms with Gasteiger partial charge in [-0.3, -0.25) is 4.98 Å². The Morgan fingerprint density at radius 1 is 1.19 bits per heavy atom. The third kappa shape index (κ3) is 2.38. The molecule has 0 atom stereocenters. The number of nitrogens with two attached hydrogens (primary N) is 1. The maximum Gasteiger partial charge on any atom is 0.340 e. The first-order valence-electron chi connectivity index (χ1n) is 6.22. The molecule has 1 amide bonds. The number of amides is 1. The highest BCUT2D eigenvalue weighted by Gasteiger charge is 2.15. The molecule has 0 unspecified atom stereocenters. The van der Waals surface area contributed by atoms with E-state index in [4.69, 9.17) is 5.73 Å². The van der Waals surface area contributed by atoms with E-state index in [9.17, 15) is 9.18 Å². The van der Waals surface area contributed by atoms with E-state index in [-0.39, 0.29) is 5.52 Å². The number of para-hydroxylation sites is 1. The van der Waals surface area contributed by atoms with Crippen molar-refractivity contribution in [1.29, 1.82) is 0 Å². The highest BCUT2D eigenvalue weighted by atomic mass is 19.1. The van der Waals surface area contributed by atoms with Crippen molar-refractivity contribution in [1.82, 2.24) is 14.8 Å². The van der Waals surface area contributed by atoms with Crippen molar-refractivity contribution < 1.29 is 9.18 Å². The monoisotopic (exact) mass is 282 g/mol. The minimum absolute atomic E-state index is 0.0828. The lowest BCUT2D eigenvalue weighted by molar-refractivity contribution is 0.248. The fraction of sp³-hybridized carbons (Fsp3) is 0. The average Bonchev–Trinajstić information content (AvgIpc) is 2.87. The summed E-state index contributed by atoms with van der Waals surface area (Å²) in [4.78, 5) is 15.3. The smallest absolute Gasteiger partial charge is 0.340 e. The Balaban J connectivity index is 2.13. The van der Waals surface area contributed by atoms with Gasteiger partial charge in [0.05, 0.1) is 5.69 Å². The Morgan fingerprint density at radius 2 is 1.95 bits per heavy atom. The molecule has 2 aromatic heterocycles. The van der Waals surface area contributed by atoms with E-state index in [0.717, 1.165) is 10.2 Å². The molecule has 0 saturated carbocycles. The summed E-state index contributed by atoms with van der Waals surface area (Å²) < 4.78 is 14.8. The zero-order valence-electron chi connectivity index (χ0n) is 10.9. The van der Waals surface area contributed by atoms with Gasteiger partial charge < -0.3 is 5.73 Å². The highest BCUT2D eigenvalue weighted by molar-refractivity contribution is 5.95. The molecule has 104 valence electrons. The van der Waals surface area contributed by atoms with Crippen LogP contribution in [0.3, 0.4) is 0 Å². The van der Waals surface area contributed by atoms with Crippen molar-refractivity contribution in [3.63, 3.8) is 0 Å². The molecule has 0 saturated heterocycles. The number of nitrogens with zero attached hydrogens (tertiary/aromatic N) is 3. The van der Waals surface area contributed by atoms with Crippen molar-refractivity contribution in [2.45, 2.75) is 0 Å². The van der Waals surface area contributed by atoms with Crippen molar-refractivity contribution in [2.75, 3.05) is 0 Å². The quantitative estimate of drug-likeness (QED) is 0.785. The van der Waals surface area contributed by atoms with Gasteiger partial charge in [-0.2, -0.15) is 9.78 Å². The molecular weight excluding hydrogens is 271 g/mol. The number of hydrogen-bond donors (Lipinski definition) is 1. The molecule has 5 nitrogen and oxygen atoms in total. The first kappa shape index (κ1) is 13.0. The maximum absolute atomic E-state index is 13.9. The van der Waals surface area contributed by atoms with Gasteiger partial charge in [-0.05, 0) is 29.8 Å². The largest absolute Gasteiger partial charge is 0.350 e. The second-order valence-electron chi connectivity index (χ2n) is 4.39. The number of fused-ring (bicyclic) bond motifs is 1. The van der Waals surface area contributed by atoms with Crippen LogP contribution in [0.1, 0.15) is 11.3 Å². The molecule has 2 N–H and O–H groups in total. The molecule has 3 rings (SSSR count). The van der Waals surface area contributed by atoms with E-state index in [1.807, 2.05) is 12.1 Å². The van der Waals surface area contributed by atoms with Crippen LogP contribution in [0.15, 0.2) is 42.7 Å². The summed E-state index contributed by atoms with van der Waals surface area (Å²) in [7, 11) is 0. The van der Waals surface area contributed by atoms with Gasteiger partial charge in [0.25, 0.3) is 0 Å². The SMILES string of the molecule is NC(=O)n1nc(C=Cc2ccncc2)c2cccc(F)c21. The highest BCUT2D eigenvalue weighted by Crippen LogP contribution is 2.22. The number of aromatic nitrogens is 3. The normalized spacial score (nSPS) is 11.3.